The van der Waals surface area contributed by atoms with Gasteiger partial charge in [0, 0.05) is 13.1 Å². The average molecular weight is 256 g/mol. The molecule has 0 aromatic heterocycles. The molecule has 5 heteroatoms. The lowest BCUT2D eigenvalue weighted by atomic mass is 9.90. The highest BCUT2D eigenvalue weighted by atomic mass is 16.4. The Morgan fingerprint density at radius 2 is 1.61 bits per heavy atom. The zero-order chi connectivity index (χ0) is 13.6. The van der Waals surface area contributed by atoms with Crippen LogP contribution in [-0.2, 0) is 4.79 Å². The number of carbonyl (C=O) groups is 2. The summed E-state index contributed by atoms with van der Waals surface area (Å²) >= 11 is 0. The number of hydrogen-bond donors (Lipinski definition) is 2. The molecule has 0 unspecified atom stereocenters. The second-order valence-electron chi connectivity index (χ2n) is 4.90. The van der Waals surface area contributed by atoms with Crippen LogP contribution in [0.3, 0.4) is 0 Å². The molecule has 1 aliphatic carbocycles. The third kappa shape index (κ3) is 3.37. The first kappa shape index (κ1) is 14.8. The van der Waals surface area contributed by atoms with Gasteiger partial charge in [0.1, 0.15) is 5.54 Å². The van der Waals surface area contributed by atoms with Crippen LogP contribution in [0.4, 0.5) is 4.79 Å². The van der Waals surface area contributed by atoms with Gasteiger partial charge in [0.05, 0.1) is 0 Å². The third-order valence-electron chi connectivity index (χ3n) is 3.76. The van der Waals surface area contributed by atoms with Gasteiger partial charge >= 0.3 is 12.0 Å². The molecule has 0 bridgehead atoms. The lowest BCUT2D eigenvalue weighted by Crippen LogP contribution is -2.57. The number of rotatable bonds is 4. The number of carbonyl (C=O) groups excluding carboxylic acids is 1. The second-order valence-corrected chi connectivity index (χ2v) is 4.90. The van der Waals surface area contributed by atoms with Crippen LogP contribution in [0.25, 0.3) is 0 Å². The van der Waals surface area contributed by atoms with Crippen molar-refractivity contribution in [1.29, 1.82) is 0 Å². The van der Waals surface area contributed by atoms with E-state index in [1.165, 1.54) is 0 Å². The molecule has 0 aromatic rings. The van der Waals surface area contributed by atoms with E-state index >= 15 is 0 Å². The maximum absolute atomic E-state index is 12.0. The number of urea groups is 1. The number of carboxylic acid groups (broad SMARTS) is 1. The number of nitrogens with one attached hydrogen (secondary N) is 1. The topological polar surface area (TPSA) is 69.6 Å². The monoisotopic (exact) mass is 256 g/mol. The first-order valence-electron chi connectivity index (χ1n) is 6.86. The predicted octanol–water partition coefficient (Wildman–Crippen LogP) is 2.22. The zero-order valence-electron chi connectivity index (χ0n) is 11.4. The third-order valence-corrected chi connectivity index (χ3v) is 3.76. The minimum Gasteiger partial charge on any atom is -0.480 e. The van der Waals surface area contributed by atoms with Crippen molar-refractivity contribution in [2.75, 3.05) is 13.1 Å². The maximum Gasteiger partial charge on any atom is 0.329 e. The first-order chi connectivity index (χ1) is 8.55. The average Bonchev–Trinajstić information content (AvgIpc) is 2.57. The van der Waals surface area contributed by atoms with Gasteiger partial charge in [-0.1, -0.05) is 25.7 Å². The fourth-order valence-corrected chi connectivity index (χ4v) is 2.52. The van der Waals surface area contributed by atoms with Gasteiger partial charge in [-0.2, -0.15) is 0 Å². The van der Waals surface area contributed by atoms with Crippen molar-refractivity contribution < 1.29 is 14.7 Å². The van der Waals surface area contributed by atoms with E-state index in [9.17, 15) is 14.7 Å². The summed E-state index contributed by atoms with van der Waals surface area (Å²) in [5.74, 6) is -0.898. The molecule has 2 amide bonds. The summed E-state index contributed by atoms with van der Waals surface area (Å²) < 4.78 is 0. The van der Waals surface area contributed by atoms with E-state index in [0.717, 1.165) is 25.7 Å². The lowest BCUT2D eigenvalue weighted by molar-refractivity contribution is -0.145. The fourth-order valence-electron chi connectivity index (χ4n) is 2.52. The summed E-state index contributed by atoms with van der Waals surface area (Å²) in [7, 11) is 0. The highest BCUT2D eigenvalue weighted by Gasteiger charge is 2.40. The molecule has 0 aromatic carbocycles. The van der Waals surface area contributed by atoms with Crippen molar-refractivity contribution in [2.45, 2.75) is 57.9 Å². The second kappa shape index (κ2) is 6.61. The van der Waals surface area contributed by atoms with Crippen molar-refractivity contribution in [1.82, 2.24) is 10.2 Å². The maximum atomic E-state index is 12.0. The van der Waals surface area contributed by atoms with Crippen LogP contribution in [0.15, 0.2) is 0 Å². The van der Waals surface area contributed by atoms with Crippen LogP contribution >= 0.6 is 0 Å². The summed E-state index contributed by atoms with van der Waals surface area (Å²) in [6.07, 6.45) is 4.91. The van der Waals surface area contributed by atoms with E-state index in [4.69, 9.17) is 0 Å². The van der Waals surface area contributed by atoms with Crippen LogP contribution in [0.5, 0.6) is 0 Å². The smallest absolute Gasteiger partial charge is 0.329 e. The van der Waals surface area contributed by atoms with Crippen LogP contribution in [0.1, 0.15) is 52.4 Å². The lowest BCUT2D eigenvalue weighted by Gasteiger charge is -2.32. The van der Waals surface area contributed by atoms with E-state index in [2.05, 4.69) is 5.32 Å². The van der Waals surface area contributed by atoms with Gasteiger partial charge in [-0.25, -0.2) is 9.59 Å². The van der Waals surface area contributed by atoms with Crippen LogP contribution < -0.4 is 5.32 Å². The van der Waals surface area contributed by atoms with Crippen molar-refractivity contribution >= 4 is 12.0 Å². The normalized spacial score (nSPS) is 18.8. The summed E-state index contributed by atoms with van der Waals surface area (Å²) in [6, 6.07) is -0.260. The van der Waals surface area contributed by atoms with Crippen LogP contribution in [0.2, 0.25) is 0 Å². The van der Waals surface area contributed by atoms with Crippen LogP contribution in [-0.4, -0.2) is 40.6 Å². The number of hydrogen-bond acceptors (Lipinski definition) is 2. The standard InChI is InChI=1S/C13H24N2O3/c1-3-15(4-2)12(18)14-13(11(16)17)9-7-5-6-8-10-13/h3-10H2,1-2H3,(H,14,18)(H,16,17). The Labute approximate surface area is 109 Å². The Hall–Kier alpha value is -1.26. The van der Waals surface area contributed by atoms with Crippen molar-refractivity contribution in [2.24, 2.45) is 0 Å². The number of nitrogens with zero attached hydrogens (tertiary/aromatic N) is 1. The molecule has 2 N–H and O–H groups in total. The Morgan fingerprint density at radius 3 is 2.00 bits per heavy atom. The number of carboxylic acids is 1. The molecule has 0 heterocycles. The van der Waals surface area contributed by atoms with Crippen molar-refractivity contribution in [3.63, 3.8) is 0 Å². The fraction of sp³-hybridized carbons (Fsp3) is 0.846. The summed E-state index contributed by atoms with van der Waals surface area (Å²) in [4.78, 5) is 25.2. The summed E-state index contributed by atoms with van der Waals surface area (Å²) in [5.41, 5.74) is -1.06. The minimum absolute atomic E-state index is 0.260. The zero-order valence-corrected chi connectivity index (χ0v) is 11.4. The molecule has 1 aliphatic rings. The van der Waals surface area contributed by atoms with Gasteiger partial charge in [-0.15, -0.1) is 0 Å². The largest absolute Gasteiger partial charge is 0.480 e. The summed E-state index contributed by atoms with van der Waals surface area (Å²) in [5, 5.41) is 12.2. The molecular formula is C13H24N2O3. The Kier molecular flexibility index (Phi) is 5.44. The molecule has 0 saturated heterocycles. The first-order valence-corrected chi connectivity index (χ1v) is 6.86. The Balaban J connectivity index is 2.78. The van der Waals surface area contributed by atoms with Crippen LogP contribution in [0, 0.1) is 0 Å². The van der Waals surface area contributed by atoms with Gasteiger partial charge in [-0.3, -0.25) is 0 Å². The Morgan fingerprint density at radius 1 is 1.11 bits per heavy atom. The molecule has 1 fully saturated rings. The molecule has 0 atom stereocenters. The van der Waals surface area contributed by atoms with Gasteiger partial charge in [0.25, 0.3) is 0 Å². The minimum atomic E-state index is -1.06. The summed E-state index contributed by atoms with van der Waals surface area (Å²) in [6.45, 7) is 4.98. The molecule has 18 heavy (non-hydrogen) atoms. The van der Waals surface area contributed by atoms with E-state index in [1.54, 1.807) is 4.90 Å². The van der Waals surface area contributed by atoms with Crippen molar-refractivity contribution in [3.8, 4) is 0 Å². The molecule has 0 radical (unpaired) electrons. The molecule has 1 saturated carbocycles. The molecule has 5 nitrogen and oxygen atoms in total. The van der Waals surface area contributed by atoms with Gasteiger partial charge in [0.2, 0.25) is 0 Å². The molecule has 104 valence electrons. The van der Waals surface area contributed by atoms with Gasteiger partial charge in [0.15, 0.2) is 0 Å². The quantitative estimate of drug-likeness (QED) is 0.758. The molecule has 1 rings (SSSR count). The number of aliphatic carboxylic acids is 1. The highest BCUT2D eigenvalue weighted by Crippen LogP contribution is 2.27. The molecule has 0 aliphatic heterocycles. The van der Waals surface area contributed by atoms with Crippen molar-refractivity contribution in [3.05, 3.63) is 0 Å². The van der Waals surface area contributed by atoms with Gasteiger partial charge < -0.3 is 15.3 Å². The highest BCUT2D eigenvalue weighted by molar-refractivity contribution is 5.86. The molecule has 0 spiro atoms. The molecular weight excluding hydrogens is 232 g/mol. The Bertz CT molecular complexity index is 293. The van der Waals surface area contributed by atoms with E-state index in [1.807, 2.05) is 13.8 Å². The van der Waals surface area contributed by atoms with Gasteiger partial charge in [-0.05, 0) is 26.7 Å². The van der Waals surface area contributed by atoms with E-state index in [-0.39, 0.29) is 6.03 Å². The number of amides is 2. The SMILES string of the molecule is CCN(CC)C(=O)NC1(C(=O)O)CCCCCC1. The predicted molar refractivity (Wildman–Crippen MR) is 69.5 cm³/mol. The van der Waals surface area contributed by atoms with E-state index in [0.29, 0.717) is 25.9 Å². The van der Waals surface area contributed by atoms with E-state index < -0.39 is 11.5 Å².